The Morgan fingerprint density at radius 3 is 2.86 bits per heavy atom. The summed E-state index contributed by atoms with van der Waals surface area (Å²) in [6, 6.07) is 7.46. The highest BCUT2D eigenvalue weighted by Gasteiger charge is 2.10. The topological polar surface area (TPSA) is 69.0 Å². The van der Waals surface area contributed by atoms with Crippen molar-refractivity contribution < 1.29 is 4.74 Å². The normalized spacial score (nSPS) is 10.8. The van der Waals surface area contributed by atoms with E-state index < -0.39 is 0 Å². The van der Waals surface area contributed by atoms with Gasteiger partial charge >= 0.3 is 0 Å². The van der Waals surface area contributed by atoms with Crippen LogP contribution in [0.25, 0.3) is 11.4 Å². The van der Waals surface area contributed by atoms with Gasteiger partial charge in [-0.2, -0.15) is 5.10 Å². The maximum atomic E-state index is 12.4. The van der Waals surface area contributed by atoms with Crippen molar-refractivity contribution in [2.75, 3.05) is 20.3 Å². The number of hydrogen-bond donors (Lipinski definition) is 1. The van der Waals surface area contributed by atoms with E-state index in [1.54, 1.807) is 13.3 Å². The molecule has 2 heterocycles. The minimum Gasteiger partial charge on any atom is -0.383 e. The second kappa shape index (κ2) is 8.41. The number of aromatic nitrogens is 3. The highest BCUT2D eigenvalue weighted by molar-refractivity contribution is 5.53. The third-order valence-corrected chi connectivity index (χ3v) is 3.23. The SMILES string of the molecule is CCCNCc1cc(-c2ccccn2)nn(CCOC)c1=O. The fourth-order valence-corrected chi connectivity index (χ4v) is 2.09. The number of nitrogens with one attached hydrogen (secondary N) is 1. The predicted molar refractivity (Wildman–Crippen MR) is 85.6 cm³/mol. The zero-order valence-electron chi connectivity index (χ0n) is 13.1. The molecular weight excluding hydrogens is 280 g/mol. The molecule has 0 spiro atoms. The Labute approximate surface area is 130 Å². The molecule has 0 saturated carbocycles. The number of hydrogen-bond acceptors (Lipinski definition) is 5. The number of rotatable bonds is 8. The average molecular weight is 302 g/mol. The van der Waals surface area contributed by atoms with Gasteiger partial charge in [0.25, 0.3) is 5.56 Å². The molecule has 1 N–H and O–H groups in total. The molecule has 0 saturated heterocycles. The van der Waals surface area contributed by atoms with Crippen LogP contribution in [0.4, 0.5) is 0 Å². The molecule has 6 heteroatoms. The van der Waals surface area contributed by atoms with Crippen molar-refractivity contribution in [2.45, 2.75) is 26.4 Å². The van der Waals surface area contributed by atoms with E-state index >= 15 is 0 Å². The van der Waals surface area contributed by atoms with Gasteiger partial charge in [-0.15, -0.1) is 0 Å². The van der Waals surface area contributed by atoms with Gasteiger partial charge < -0.3 is 10.1 Å². The van der Waals surface area contributed by atoms with Gasteiger partial charge in [0.2, 0.25) is 0 Å². The third kappa shape index (κ3) is 4.22. The Morgan fingerprint density at radius 1 is 1.32 bits per heavy atom. The van der Waals surface area contributed by atoms with Crippen LogP contribution in [0.3, 0.4) is 0 Å². The van der Waals surface area contributed by atoms with Gasteiger partial charge in [-0.3, -0.25) is 9.78 Å². The predicted octanol–water partition coefficient (Wildman–Crippen LogP) is 1.45. The molecule has 0 aliphatic heterocycles. The van der Waals surface area contributed by atoms with Crippen molar-refractivity contribution in [3.63, 3.8) is 0 Å². The number of methoxy groups -OCH3 is 1. The van der Waals surface area contributed by atoms with Gasteiger partial charge in [-0.05, 0) is 31.2 Å². The molecular formula is C16H22N4O2. The molecule has 0 amide bonds. The fraction of sp³-hybridized carbons (Fsp3) is 0.438. The Morgan fingerprint density at radius 2 is 2.18 bits per heavy atom. The van der Waals surface area contributed by atoms with Gasteiger partial charge in [0.05, 0.1) is 18.8 Å². The quantitative estimate of drug-likeness (QED) is 0.748. The maximum absolute atomic E-state index is 12.4. The zero-order valence-corrected chi connectivity index (χ0v) is 13.1. The minimum absolute atomic E-state index is 0.0830. The van der Waals surface area contributed by atoms with Crippen LogP contribution >= 0.6 is 0 Å². The lowest BCUT2D eigenvalue weighted by molar-refractivity contribution is 0.182. The number of ether oxygens (including phenoxy) is 1. The van der Waals surface area contributed by atoms with Gasteiger partial charge in [0, 0.05) is 25.4 Å². The van der Waals surface area contributed by atoms with Crippen molar-refractivity contribution in [1.82, 2.24) is 20.1 Å². The maximum Gasteiger partial charge on any atom is 0.271 e. The number of nitrogens with zero attached hydrogens (tertiary/aromatic N) is 3. The van der Waals surface area contributed by atoms with E-state index in [-0.39, 0.29) is 5.56 Å². The molecule has 0 bridgehead atoms. The standard InChI is InChI=1S/C16H22N4O2/c1-3-7-17-12-13-11-15(14-6-4-5-8-18-14)19-20(16(13)21)9-10-22-2/h4-6,8,11,17H,3,7,9-10,12H2,1-2H3. The highest BCUT2D eigenvalue weighted by Crippen LogP contribution is 2.13. The summed E-state index contributed by atoms with van der Waals surface area (Å²) in [5.41, 5.74) is 2.07. The molecule has 2 aromatic rings. The molecule has 0 fully saturated rings. The van der Waals surface area contributed by atoms with Crippen molar-refractivity contribution in [2.24, 2.45) is 0 Å². The molecule has 0 aromatic carbocycles. The summed E-state index contributed by atoms with van der Waals surface area (Å²) in [6.07, 6.45) is 2.74. The van der Waals surface area contributed by atoms with Gasteiger partial charge in [-0.25, -0.2) is 4.68 Å². The first-order chi connectivity index (χ1) is 10.8. The molecule has 0 aliphatic rings. The summed E-state index contributed by atoms with van der Waals surface area (Å²) in [6.45, 7) is 4.37. The smallest absolute Gasteiger partial charge is 0.271 e. The molecule has 0 aliphatic carbocycles. The van der Waals surface area contributed by atoms with Gasteiger partial charge in [0.1, 0.15) is 5.69 Å². The zero-order chi connectivity index (χ0) is 15.8. The van der Waals surface area contributed by atoms with E-state index in [2.05, 4.69) is 22.3 Å². The van der Waals surface area contributed by atoms with Crippen LogP contribution in [0.15, 0.2) is 35.3 Å². The van der Waals surface area contributed by atoms with Gasteiger partial charge in [-0.1, -0.05) is 13.0 Å². The molecule has 118 valence electrons. The molecule has 2 aromatic heterocycles. The van der Waals surface area contributed by atoms with Crippen LogP contribution in [0.1, 0.15) is 18.9 Å². The second-order valence-corrected chi connectivity index (χ2v) is 4.97. The first-order valence-corrected chi connectivity index (χ1v) is 7.48. The molecule has 22 heavy (non-hydrogen) atoms. The largest absolute Gasteiger partial charge is 0.383 e. The summed E-state index contributed by atoms with van der Waals surface area (Å²) >= 11 is 0. The van der Waals surface area contributed by atoms with Gasteiger partial charge in [0.15, 0.2) is 0 Å². The van der Waals surface area contributed by atoms with E-state index in [4.69, 9.17) is 4.74 Å². The molecule has 2 rings (SSSR count). The van der Waals surface area contributed by atoms with E-state index in [0.29, 0.717) is 31.0 Å². The summed E-state index contributed by atoms with van der Waals surface area (Å²) < 4.78 is 6.51. The van der Waals surface area contributed by atoms with Crippen molar-refractivity contribution in [3.8, 4) is 11.4 Å². The van der Waals surface area contributed by atoms with Crippen LogP contribution in [-0.2, 0) is 17.8 Å². The van der Waals surface area contributed by atoms with Crippen LogP contribution in [0.2, 0.25) is 0 Å². The Kier molecular flexibility index (Phi) is 6.24. The number of pyridine rings is 1. The Balaban J connectivity index is 2.36. The Bertz CT molecular complexity index is 640. The lowest BCUT2D eigenvalue weighted by Crippen LogP contribution is -2.31. The van der Waals surface area contributed by atoms with Crippen molar-refractivity contribution in [1.29, 1.82) is 0 Å². The molecule has 0 unspecified atom stereocenters. The van der Waals surface area contributed by atoms with Crippen LogP contribution in [-0.4, -0.2) is 35.0 Å². The average Bonchev–Trinajstić information content (AvgIpc) is 2.56. The summed E-state index contributed by atoms with van der Waals surface area (Å²) in [4.78, 5) is 16.7. The van der Waals surface area contributed by atoms with Crippen LogP contribution in [0.5, 0.6) is 0 Å². The van der Waals surface area contributed by atoms with Crippen molar-refractivity contribution in [3.05, 3.63) is 46.4 Å². The molecule has 6 nitrogen and oxygen atoms in total. The monoisotopic (exact) mass is 302 g/mol. The highest BCUT2D eigenvalue weighted by atomic mass is 16.5. The summed E-state index contributed by atoms with van der Waals surface area (Å²) in [7, 11) is 1.61. The lowest BCUT2D eigenvalue weighted by atomic mass is 10.2. The van der Waals surface area contributed by atoms with E-state index in [0.717, 1.165) is 18.7 Å². The first-order valence-electron chi connectivity index (χ1n) is 7.48. The van der Waals surface area contributed by atoms with Crippen LogP contribution in [0, 0.1) is 0 Å². The van der Waals surface area contributed by atoms with E-state index in [1.165, 1.54) is 4.68 Å². The van der Waals surface area contributed by atoms with E-state index in [9.17, 15) is 4.79 Å². The summed E-state index contributed by atoms with van der Waals surface area (Å²) in [5, 5.41) is 7.66. The molecule has 0 radical (unpaired) electrons. The van der Waals surface area contributed by atoms with E-state index in [1.807, 2.05) is 24.3 Å². The first kappa shape index (κ1) is 16.3. The molecule has 0 atom stereocenters. The van der Waals surface area contributed by atoms with Crippen molar-refractivity contribution >= 4 is 0 Å². The minimum atomic E-state index is -0.0830. The third-order valence-electron chi connectivity index (χ3n) is 3.23. The fourth-order valence-electron chi connectivity index (χ4n) is 2.09. The summed E-state index contributed by atoms with van der Waals surface area (Å²) in [5.74, 6) is 0. The van der Waals surface area contributed by atoms with Crippen LogP contribution < -0.4 is 10.9 Å². The Hall–Kier alpha value is -2.05. The lowest BCUT2D eigenvalue weighted by Gasteiger charge is -2.10. The second-order valence-electron chi connectivity index (χ2n) is 4.97.